The highest BCUT2D eigenvalue weighted by Gasteiger charge is 2.44. The van der Waals surface area contributed by atoms with Crippen molar-refractivity contribution in [3.63, 3.8) is 0 Å². The Hall–Kier alpha value is -4.39. The van der Waals surface area contributed by atoms with Gasteiger partial charge in [-0.25, -0.2) is 4.39 Å². The van der Waals surface area contributed by atoms with E-state index in [0.717, 1.165) is 52.5 Å². The number of nitrogens with zero attached hydrogens (tertiary/aromatic N) is 2. The highest BCUT2D eigenvalue weighted by Crippen LogP contribution is 2.48. The van der Waals surface area contributed by atoms with Crippen LogP contribution in [0, 0.1) is 5.82 Å². The van der Waals surface area contributed by atoms with Crippen LogP contribution in [0.3, 0.4) is 0 Å². The van der Waals surface area contributed by atoms with Gasteiger partial charge in [-0.3, -0.25) is 9.35 Å². The van der Waals surface area contributed by atoms with Crippen LogP contribution >= 0.6 is 11.6 Å². The van der Waals surface area contributed by atoms with Crippen molar-refractivity contribution in [3.05, 3.63) is 141 Å². The molecule has 2 N–H and O–H groups in total. The molecule has 0 fully saturated rings. The van der Waals surface area contributed by atoms with E-state index in [9.17, 15) is 22.2 Å². The lowest BCUT2D eigenvalue weighted by atomic mass is 9.81. The van der Waals surface area contributed by atoms with E-state index in [1.54, 1.807) is 0 Å². The minimum absolute atomic E-state index is 0.243. The number of rotatable bonds is 18. The molecular formula is C47H56ClFN3O6S+. The SMILES string of the molecule is CC1(C)C(=CC=C2CCCC(C=CC3=[N+](CCCCS(=O)(=O)O)c4ccccc4C3(C)C)=C2Cl)N(CCOCCOCCNC(=O)c2ccc([18F])cc2)c2ccccc21. The van der Waals surface area contributed by atoms with Crippen molar-refractivity contribution in [1.29, 1.82) is 0 Å². The number of carbonyl (C=O) groups is 1. The molecule has 0 spiro atoms. The smallest absolute Gasteiger partial charge is 0.264 e. The Bertz CT molecular complexity index is 2280. The minimum Gasteiger partial charge on any atom is -0.377 e. The van der Waals surface area contributed by atoms with Gasteiger partial charge in [0.2, 0.25) is 5.69 Å². The number of fused-ring (bicyclic) bond motifs is 2. The van der Waals surface area contributed by atoms with Crippen LogP contribution in [0.25, 0.3) is 0 Å². The number of unbranched alkanes of at least 4 members (excludes halogenated alkanes) is 1. The zero-order chi connectivity index (χ0) is 42.2. The molecule has 3 aromatic carbocycles. The van der Waals surface area contributed by atoms with Crippen LogP contribution in [-0.2, 0) is 30.4 Å². The molecule has 1 amide bonds. The van der Waals surface area contributed by atoms with Gasteiger partial charge in [0, 0.05) is 64.6 Å². The Morgan fingerprint density at radius 2 is 1.58 bits per heavy atom. The fourth-order valence-corrected chi connectivity index (χ4v) is 9.19. The number of anilines is 1. The van der Waals surface area contributed by atoms with Gasteiger partial charge in [0.05, 0.1) is 37.6 Å². The summed E-state index contributed by atoms with van der Waals surface area (Å²) in [5, 5.41) is 3.55. The predicted molar refractivity (Wildman–Crippen MR) is 234 cm³/mol. The number of para-hydroxylation sites is 2. The standard InChI is InChI=1S/C47H55ClFN3O6S/c1-46(2)38-14-5-7-16-40(38)51(27-9-10-33-59(54,55)56)42(46)24-20-34-12-11-13-35(44(34)48)21-25-43-47(3,4)39-15-6-8-17-41(39)52(43)28-30-58-32-31-57-29-26-50-45(53)36-18-22-37(49)23-19-36/h5-8,14-25H,9-13,26-33H2,1-4H3,(H-,50,53,54,55,56)/p+1/i49-1. The maximum absolute atomic E-state index is 13.1. The second kappa shape index (κ2) is 19.3. The maximum atomic E-state index is 13.1. The van der Waals surface area contributed by atoms with Crippen LogP contribution in [0.15, 0.2) is 119 Å². The molecule has 12 heteroatoms. The number of benzene rings is 3. The average molecular weight is 845 g/mol. The number of nitrogens with one attached hydrogen (secondary N) is 1. The third-order valence-electron chi connectivity index (χ3n) is 11.4. The number of ether oxygens (including phenoxy) is 2. The number of amides is 1. The molecule has 0 radical (unpaired) electrons. The van der Waals surface area contributed by atoms with E-state index < -0.39 is 10.1 Å². The van der Waals surface area contributed by atoms with E-state index in [1.807, 2.05) is 6.07 Å². The third kappa shape index (κ3) is 10.7. The van der Waals surface area contributed by atoms with Crippen LogP contribution < -0.4 is 10.2 Å². The lowest BCUT2D eigenvalue weighted by Gasteiger charge is -2.27. The average Bonchev–Trinajstić information content (AvgIpc) is 3.55. The molecule has 2 heterocycles. The van der Waals surface area contributed by atoms with Gasteiger partial charge in [-0.15, -0.1) is 0 Å². The first-order valence-electron chi connectivity index (χ1n) is 20.4. The van der Waals surface area contributed by atoms with E-state index in [-0.39, 0.29) is 28.3 Å². The molecule has 0 saturated heterocycles. The van der Waals surface area contributed by atoms with Crippen LogP contribution in [0.2, 0.25) is 0 Å². The molecule has 0 aromatic heterocycles. The lowest BCUT2D eigenvalue weighted by Crippen LogP contribution is -2.29. The van der Waals surface area contributed by atoms with Crippen LogP contribution in [0.5, 0.6) is 0 Å². The summed E-state index contributed by atoms with van der Waals surface area (Å²) in [6.07, 6.45) is 12.5. The quantitative estimate of drug-likeness (QED) is 0.0748. The van der Waals surface area contributed by atoms with Gasteiger partial charge >= 0.3 is 0 Å². The lowest BCUT2D eigenvalue weighted by molar-refractivity contribution is -0.438. The summed E-state index contributed by atoms with van der Waals surface area (Å²) >= 11 is 7.22. The van der Waals surface area contributed by atoms with Crippen molar-refractivity contribution in [1.82, 2.24) is 5.32 Å². The van der Waals surface area contributed by atoms with E-state index in [4.69, 9.17) is 21.1 Å². The van der Waals surface area contributed by atoms with E-state index in [1.165, 1.54) is 41.1 Å². The van der Waals surface area contributed by atoms with Gasteiger partial charge in [0.15, 0.2) is 5.71 Å². The van der Waals surface area contributed by atoms with Crippen LogP contribution in [0.4, 0.5) is 15.8 Å². The first-order chi connectivity index (χ1) is 28.2. The first-order valence-corrected chi connectivity index (χ1v) is 22.4. The fraction of sp³-hybridized carbons (Fsp3) is 0.404. The summed E-state index contributed by atoms with van der Waals surface area (Å²) in [7, 11) is -4.00. The van der Waals surface area contributed by atoms with Gasteiger partial charge in [0.25, 0.3) is 16.0 Å². The third-order valence-corrected chi connectivity index (χ3v) is 12.7. The fourth-order valence-electron chi connectivity index (χ4n) is 8.30. The van der Waals surface area contributed by atoms with Crippen LogP contribution in [-0.4, -0.2) is 81.0 Å². The molecule has 9 nitrogen and oxygen atoms in total. The van der Waals surface area contributed by atoms with Crippen molar-refractivity contribution in [2.75, 3.05) is 56.7 Å². The topological polar surface area (TPSA) is 108 Å². The van der Waals surface area contributed by atoms with Gasteiger partial charge in [0.1, 0.15) is 12.4 Å². The number of halogens is 2. The largest absolute Gasteiger partial charge is 0.377 e. The molecule has 2 aliphatic heterocycles. The zero-order valence-electron chi connectivity index (χ0n) is 34.5. The van der Waals surface area contributed by atoms with E-state index in [0.29, 0.717) is 64.5 Å². The molecule has 1 aliphatic carbocycles. The zero-order valence-corrected chi connectivity index (χ0v) is 36.0. The van der Waals surface area contributed by atoms with Gasteiger partial charge in [-0.1, -0.05) is 74.0 Å². The molecule has 0 bridgehead atoms. The molecule has 3 aromatic rings. The monoisotopic (exact) mass is 843 g/mol. The number of hydrogen-bond donors (Lipinski definition) is 2. The second-order valence-electron chi connectivity index (χ2n) is 16.2. The molecule has 59 heavy (non-hydrogen) atoms. The van der Waals surface area contributed by atoms with Crippen molar-refractivity contribution < 1.29 is 36.2 Å². The minimum atomic E-state index is -4.00. The Morgan fingerprint density at radius 3 is 2.32 bits per heavy atom. The summed E-state index contributed by atoms with van der Waals surface area (Å²) in [4.78, 5) is 14.5. The Kier molecular flexibility index (Phi) is 14.5. The highest BCUT2D eigenvalue weighted by atomic mass is 35.5. The second-order valence-corrected chi connectivity index (χ2v) is 18.2. The number of hydrogen-bond acceptors (Lipinski definition) is 6. The summed E-state index contributed by atoms with van der Waals surface area (Å²) in [6, 6.07) is 22.3. The number of allylic oxidation sites excluding steroid dienone is 8. The summed E-state index contributed by atoms with van der Waals surface area (Å²) in [6.45, 7) is 12.2. The number of carbonyl (C=O) groups excluding carboxylic acids is 1. The van der Waals surface area contributed by atoms with Crippen molar-refractivity contribution >= 4 is 44.7 Å². The summed E-state index contributed by atoms with van der Waals surface area (Å²) in [5.74, 6) is -0.904. The van der Waals surface area contributed by atoms with Crippen molar-refractivity contribution in [2.24, 2.45) is 0 Å². The van der Waals surface area contributed by atoms with E-state index >= 15 is 0 Å². The molecule has 0 atom stereocenters. The van der Waals surface area contributed by atoms with Gasteiger partial charge in [-0.05, 0) is 92.6 Å². The summed E-state index contributed by atoms with van der Waals surface area (Å²) in [5.41, 5.74) is 9.12. The first kappa shape index (κ1) is 44.2. The van der Waals surface area contributed by atoms with Gasteiger partial charge < -0.3 is 19.7 Å². The molecular weight excluding hydrogens is 788 g/mol. The molecule has 0 unspecified atom stereocenters. The maximum Gasteiger partial charge on any atom is 0.264 e. The normalized spacial score (nSPS) is 18.7. The van der Waals surface area contributed by atoms with Gasteiger partial charge in [-0.2, -0.15) is 13.0 Å². The Balaban J connectivity index is 1.11. The Labute approximate surface area is 353 Å². The molecule has 314 valence electrons. The predicted octanol–water partition coefficient (Wildman–Crippen LogP) is 9.17. The van der Waals surface area contributed by atoms with E-state index in [2.05, 4.69) is 109 Å². The summed E-state index contributed by atoms with van der Waals surface area (Å²) < 4.78 is 59.1. The highest BCUT2D eigenvalue weighted by molar-refractivity contribution is 7.85. The molecule has 6 rings (SSSR count). The molecule has 0 saturated carbocycles. The van der Waals surface area contributed by atoms with Crippen molar-refractivity contribution in [3.8, 4) is 0 Å². The van der Waals surface area contributed by atoms with Crippen LogP contribution in [0.1, 0.15) is 81.3 Å². The van der Waals surface area contributed by atoms with Crippen molar-refractivity contribution in [2.45, 2.75) is 70.6 Å². The Morgan fingerprint density at radius 1 is 0.881 bits per heavy atom. The molecule has 3 aliphatic rings.